The van der Waals surface area contributed by atoms with Gasteiger partial charge in [0, 0.05) is 30.5 Å². The second-order valence-corrected chi connectivity index (χ2v) is 8.27. The van der Waals surface area contributed by atoms with Crippen molar-refractivity contribution in [3.63, 3.8) is 0 Å². The van der Waals surface area contributed by atoms with Crippen LogP contribution in [0.3, 0.4) is 0 Å². The Morgan fingerprint density at radius 2 is 1.74 bits per heavy atom. The van der Waals surface area contributed by atoms with Crippen LogP contribution in [0.15, 0.2) is 12.5 Å². The number of amides is 4. The van der Waals surface area contributed by atoms with Crippen LogP contribution < -0.4 is 27.4 Å². The molecule has 0 aromatic carbocycles. The van der Waals surface area contributed by atoms with Crippen molar-refractivity contribution in [3.8, 4) is 0 Å². The molecule has 4 amide bonds. The van der Waals surface area contributed by atoms with Crippen molar-refractivity contribution in [1.82, 2.24) is 25.9 Å². The van der Waals surface area contributed by atoms with E-state index < -0.39 is 53.8 Å². The minimum atomic E-state index is -1.27. The third kappa shape index (κ3) is 9.39. The smallest absolute Gasteiger partial charge is 0.326 e. The molecule has 9 N–H and O–H groups in total. The van der Waals surface area contributed by atoms with Crippen molar-refractivity contribution in [2.75, 3.05) is 5.75 Å². The average Bonchev–Trinajstić information content (AvgIpc) is 3.30. The van der Waals surface area contributed by atoms with Gasteiger partial charge < -0.3 is 37.5 Å². The molecule has 0 fully saturated rings. The number of rotatable bonds is 15. The van der Waals surface area contributed by atoms with Crippen LogP contribution in [-0.2, 0) is 30.4 Å². The number of aliphatic carboxylic acids is 1. The molecule has 1 heterocycles. The maximum atomic E-state index is 13.1. The average molecular weight is 500 g/mol. The normalized spacial score (nSPS) is 15.3. The van der Waals surface area contributed by atoms with Gasteiger partial charge in [-0.2, -0.15) is 12.6 Å². The molecule has 0 aliphatic rings. The second-order valence-electron chi connectivity index (χ2n) is 7.91. The predicted molar refractivity (Wildman–Crippen MR) is 125 cm³/mol. The number of carboxylic acids is 1. The molecule has 0 saturated heterocycles. The number of thiol groups is 1. The summed E-state index contributed by atoms with van der Waals surface area (Å²) in [7, 11) is 0. The van der Waals surface area contributed by atoms with Crippen molar-refractivity contribution in [3.05, 3.63) is 18.2 Å². The summed E-state index contributed by atoms with van der Waals surface area (Å²) >= 11 is 3.97. The van der Waals surface area contributed by atoms with Gasteiger partial charge in [-0.25, -0.2) is 9.78 Å². The number of carbonyl (C=O) groups is 5. The Morgan fingerprint density at radius 3 is 2.24 bits per heavy atom. The molecule has 0 aliphatic carbocycles. The highest BCUT2D eigenvalue weighted by Crippen LogP contribution is 2.10. The summed E-state index contributed by atoms with van der Waals surface area (Å²) in [5.41, 5.74) is 11.4. The molecular weight excluding hydrogens is 466 g/mol. The number of imidazole rings is 1. The maximum absolute atomic E-state index is 13.1. The van der Waals surface area contributed by atoms with Gasteiger partial charge in [0.25, 0.3) is 0 Å². The van der Waals surface area contributed by atoms with Crippen LogP contribution in [0, 0.1) is 5.92 Å². The topological polar surface area (TPSA) is 222 Å². The SMILES string of the molecule is CCC(C)C(NC(=O)C(CCC(N)=O)NC(=O)C(Cc1cnc[nH]1)NC(=O)C(N)CS)C(=O)O. The number of carbonyl (C=O) groups excluding carboxylic acids is 4. The Labute approximate surface area is 202 Å². The molecule has 14 heteroatoms. The van der Waals surface area contributed by atoms with E-state index in [1.54, 1.807) is 13.8 Å². The lowest BCUT2D eigenvalue weighted by Crippen LogP contribution is -2.58. The monoisotopic (exact) mass is 499 g/mol. The summed E-state index contributed by atoms with van der Waals surface area (Å²) in [6, 6.07) is -4.58. The molecule has 5 unspecified atom stereocenters. The van der Waals surface area contributed by atoms with Gasteiger partial charge >= 0.3 is 5.97 Å². The van der Waals surface area contributed by atoms with Crippen LogP contribution >= 0.6 is 12.6 Å². The molecule has 13 nitrogen and oxygen atoms in total. The largest absolute Gasteiger partial charge is 0.480 e. The van der Waals surface area contributed by atoms with Gasteiger partial charge in [-0.3, -0.25) is 19.2 Å². The zero-order valence-electron chi connectivity index (χ0n) is 19.1. The predicted octanol–water partition coefficient (Wildman–Crippen LogP) is -1.94. The molecule has 1 rings (SSSR count). The molecule has 0 saturated carbocycles. The van der Waals surface area contributed by atoms with Gasteiger partial charge in [-0.15, -0.1) is 0 Å². The first-order valence-corrected chi connectivity index (χ1v) is 11.4. The Hall–Kier alpha value is -3.13. The minimum Gasteiger partial charge on any atom is -0.480 e. The highest BCUT2D eigenvalue weighted by atomic mass is 32.1. The molecule has 190 valence electrons. The molecular formula is C20H33N7O6S. The lowest BCUT2D eigenvalue weighted by molar-refractivity contribution is -0.144. The Morgan fingerprint density at radius 1 is 1.12 bits per heavy atom. The summed E-state index contributed by atoms with van der Waals surface area (Å²) in [6.07, 6.45) is 2.95. The van der Waals surface area contributed by atoms with Gasteiger partial charge in [0.15, 0.2) is 0 Å². The van der Waals surface area contributed by atoms with E-state index in [9.17, 15) is 29.1 Å². The number of aromatic amines is 1. The van der Waals surface area contributed by atoms with Crippen LogP contribution in [-0.4, -0.2) is 74.6 Å². The number of nitrogens with one attached hydrogen (secondary N) is 4. The lowest BCUT2D eigenvalue weighted by Gasteiger charge is -2.26. The Kier molecular flexibility index (Phi) is 12.1. The fourth-order valence-corrected chi connectivity index (χ4v) is 3.12. The number of hydrogen-bond acceptors (Lipinski definition) is 8. The number of H-pyrrole nitrogens is 1. The molecule has 0 radical (unpaired) electrons. The minimum absolute atomic E-state index is 0.00560. The van der Waals surface area contributed by atoms with E-state index in [0.29, 0.717) is 12.1 Å². The van der Waals surface area contributed by atoms with Crippen LogP contribution in [0.5, 0.6) is 0 Å². The van der Waals surface area contributed by atoms with E-state index in [1.165, 1.54) is 12.5 Å². The van der Waals surface area contributed by atoms with E-state index in [4.69, 9.17) is 11.5 Å². The van der Waals surface area contributed by atoms with Gasteiger partial charge in [-0.05, 0) is 12.3 Å². The molecule has 34 heavy (non-hydrogen) atoms. The number of nitrogens with zero attached hydrogens (tertiary/aromatic N) is 1. The number of primary amides is 1. The van der Waals surface area contributed by atoms with Crippen LogP contribution in [0.4, 0.5) is 0 Å². The maximum Gasteiger partial charge on any atom is 0.326 e. The van der Waals surface area contributed by atoms with Crippen molar-refractivity contribution >= 4 is 42.2 Å². The lowest BCUT2D eigenvalue weighted by atomic mass is 9.98. The molecule has 5 atom stereocenters. The summed E-state index contributed by atoms with van der Waals surface area (Å²) < 4.78 is 0. The quantitative estimate of drug-likeness (QED) is 0.126. The second kappa shape index (κ2) is 14.2. The van der Waals surface area contributed by atoms with Crippen molar-refractivity contribution in [1.29, 1.82) is 0 Å². The highest BCUT2D eigenvalue weighted by Gasteiger charge is 2.32. The van der Waals surface area contributed by atoms with Gasteiger partial charge in [0.1, 0.15) is 18.1 Å². The van der Waals surface area contributed by atoms with E-state index >= 15 is 0 Å². The fraction of sp³-hybridized carbons (Fsp3) is 0.600. The van der Waals surface area contributed by atoms with Crippen LogP contribution in [0.2, 0.25) is 0 Å². The van der Waals surface area contributed by atoms with E-state index in [-0.39, 0.29) is 30.9 Å². The molecule has 0 spiro atoms. The first-order chi connectivity index (χ1) is 16.0. The molecule has 0 aliphatic heterocycles. The number of carboxylic acid groups (broad SMARTS) is 1. The fourth-order valence-electron chi connectivity index (χ4n) is 2.95. The summed E-state index contributed by atoms with van der Waals surface area (Å²) in [5, 5.41) is 16.9. The van der Waals surface area contributed by atoms with Crippen molar-refractivity contribution in [2.24, 2.45) is 17.4 Å². The van der Waals surface area contributed by atoms with E-state index in [2.05, 4.69) is 38.5 Å². The molecule has 1 aromatic heterocycles. The Balaban J connectivity index is 3.08. The number of hydrogen-bond donors (Lipinski definition) is 8. The van der Waals surface area contributed by atoms with Crippen molar-refractivity contribution < 1.29 is 29.1 Å². The third-order valence-corrected chi connectivity index (χ3v) is 5.63. The third-order valence-electron chi connectivity index (χ3n) is 5.23. The zero-order valence-corrected chi connectivity index (χ0v) is 20.0. The van der Waals surface area contributed by atoms with Crippen molar-refractivity contribution in [2.45, 2.75) is 63.7 Å². The first kappa shape index (κ1) is 28.9. The Bertz CT molecular complexity index is 850. The summed E-state index contributed by atoms with van der Waals surface area (Å²) in [5.74, 6) is -4.44. The number of aromatic nitrogens is 2. The zero-order chi connectivity index (χ0) is 25.8. The van der Waals surface area contributed by atoms with Gasteiger partial charge in [-0.1, -0.05) is 20.3 Å². The summed E-state index contributed by atoms with van der Waals surface area (Å²) in [4.78, 5) is 67.8. The first-order valence-electron chi connectivity index (χ1n) is 10.8. The summed E-state index contributed by atoms with van der Waals surface area (Å²) in [6.45, 7) is 3.44. The molecule has 1 aromatic rings. The highest BCUT2D eigenvalue weighted by molar-refractivity contribution is 7.80. The van der Waals surface area contributed by atoms with E-state index in [1.807, 2.05) is 0 Å². The van der Waals surface area contributed by atoms with E-state index in [0.717, 1.165) is 0 Å². The van der Waals surface area contributed by atoms with Gasteiger partial charge in [0.2, 0.25) is 23.6 Å². The number of nitrogens with two attached hydrogens (primary N) is 2. The van der Waals surface area contributed by atoms with Crippen LogP contribution in [0.25, 0.3) is 0 Å². The van der Waals surface area contributed by atoms with Gasteiger partial charge in [0.05, 0.1) is 12.4 Å². The standard InChI is InChI=1S/C20H33N7O6S/c1-3-10(2)16(20(32)33)27-18(30)13(4-5-15(22)28)25-19(31)14(6-11-7-23-9-24-11)26-17(29)12(21)8-34/h7,9-10,12-14,16,34H,3-6,8,21H2,1-2H3,(H2,22,28)(H,23,24)(H,25,31)(H,26,29)(H,27,30)(H,32,33). The molecule has 0 bridgehead atoms. The van der Waals surface area contributed by atoms with Crippen LogP contribution in [0.1, 0.15) is 38.8 Å².